The van der Waals surface area contributed by atoms with E-state index in [9.17, 15) is 9.59 Å². The lowest BCUT2D eigenvalue weighted by Crippen LogP contribution is -2.25. The number of hydrogen-bond acceptors (Lipinski definition) is 3. The van der Waals surface area contributed by atoms with E-state index < -0.39 is 5.97 Å². The van der Waals surface area contributed by atoms with E-state index in [0.29, 0.717) is 11.5 Å². The highest BCUT2D eigenvalue weighted by atomic mass is 16.4. The predicted molar refractivity (Wildman–Crippen MR) is 148 cm³/mol. The number of aliphatic carboxylic acids is 1. The summed E-state index contributed by atoms with van der Waals surface area (Å²) in [5.74, 6) is -0.671. The van der Waals surface area contributed by atoms with Gasteiger partial charge in [0.15, 0.2) is 0 Å². The number of amides is 1. The summed E-state index contributed by atoms with van der Waals surface area (Å²) in [4.78, 5) is 22.6. The van der Waals surface area contributed by atoms with Crippen LogP contribution in [-0.4, -0.2) is 30.1 Å². The van der Waals surface area contributed by atoms with Crippen LogP contribution in [0.15, 0.2) is 72.8 Å². The Morgan fingerprint density at radius 1 is 0.861 bits per heavy atom. The Bertz CT molecular complexity index is 1130. The van der Waals surface area contributed by atoms with Crippen LogP contribution in [-0.2, 0) is 16.6 Å². The number of anilines is 1. The standard InChI is InChI=1S/C31H38N2O3/c1-22(5-6-23-7-9-26(10-8-23)30(36)32-20-19-29(34)35)21-33-28-17-13-25(14-18-28)24-11-15-27(16-12-24)31(2,3)4/h7-18,22,33H,5-6,19-21H2,1-4H3,(H,32,36)(H,34,35). The summed E-state index contributed by atoms with van der Waals surface area (Å²) in [6.45, 7) is 9.96. The Morgan fingerprint density at radius 2 is 1.44 bits per heavy atom. The number of carboxylic acids is 1. The van der Waals surface area contributed by atoms with E-state index in [1.54, 1.807) is 12.1 Å². The SMILES string of the molecule is CC(CCc1ccc(C(=O)NCCC(=O)O)cc1)CNc1ccc(-c2ccc(C(C)(C)C)cc2)cc1. The Kier molecular flexibility index (Phi) is 9.29. The van der Waals surface area contributed by atoms with Crippen molar-refractivity contribution in [1.82, 2.24) is 5.32 Å². The molecule has 0 bridgehead atoms. The Labute approximate surface area is 215 Å². The molecule has 190 valence electrons. The summed E-state index contributed by atoms with van der Waals surface area (Å²) >= 11 is 0. The van der Waals surface area contributed by atoms with Gasteiger partial charge in [0.25, 0.3) is 5.91 Å². The lowest BCUT2D eigenvalue weighted by molar-refractivity contribution is -0.136. The number of hydrogen-bond donors (Lipinski definition) is 3. The molecule has 0 heterocycles. The minimum Gasteiger partial charge on any atom is -0.481 e. The molecule has 0 aliphatic carbocycles. The van der Waals surface area contributed by atoms with Crippen LogP contribution in [0.25, 0.3) is 11.1 Å². The number of carboxylic acid groups (broad SMARTS) is 1. The molecule has 5 heteroatoms. The van der Waals surface area contributed by atoms with Crippen molar-refractivity contribution >= 4 is 17.6 Å². The molecule has 3 rings (SSSR count). The largest absolute Gasteiger partial charge is 0.481 e. The smallest absolute Gasteiger partial charge is 0.305 e. The van der Waals surface area contributed by atoms with Crippen molar-refractivity contribution in [2.75, 3.05) is 18.4 Å². The lowest BCUT2D eigenvalue weighted by atomic mass is 9.86. The summed E-state index contributed by atoms with van der Waals surface area (Å²) < 4.78 is 0. The number of nitrogens with one attached hydrogen (secondary N) is 2. The summed E-state index contributed by atoms with van der Waals surface area (Å²) in [5, 5.41) is 14.8. The van der Waals surface area contributed by atoms with Crippen molar-refractivity contribution < 1.29 is 14.7 Å². The molecule has 0 fully saturated rings. The van der Waals surface area contributed by atoms with Gasteiger partial charge in [-0.2, -0.15) is 0 Å². The van der Waals surface area contributed by atoms with Gasteiger partial charge in [0, 0.05) is 24.3 Å². The fourth-order valence-corrected chi connectivity index (χ4v) is 3.96. The number of rotatable bonds is 11. The maximum absolute atomic E-state index is 12.1. The second-order valence-corrected chi connectivity index (χ2v) is 10.5. The van der Waals surface area contributed by atoms with Gasteiger partial charge in [-0.1, -0.05) is 76.2 Å². The first-order valence-corrected chi connectivity index (χ1v) is 12.7. The predicted octanol–water partition coefficient (Wildman–Crippen LogP) is 6.54. The van der Waals surface area contributed by atoms with E-state index in [2.05, 4.69) is 86.9 Å². The van der Waals surface area contributed by atoms with Gasteiger partial charge in [-0.3, -0.25) is 9.59 Å². The molecule has 0 aromatic heterocycles. The van der Waals surface area contributed by atoms with Crippen LogP contribution in [0.5, 0.6) is 0 Å². The third kappa shape index (κ3) is 8.26. The molecule has 3 aromatic rings. The first-order valence-electron chi connectivity index (χ1n) is 12.7. The van der Waals surface area contributed by atoms with E-state index in [-0.39, 0.29) is 24.3 Å². The zero-order valence-corrected chi connectivity index (χ0v) is 21.8. The van der Waals surface area contributed by atoms with Crippen LogP contribution in [0.2, 0.25) is 0 Å². The third-order valence-electron chi connectivity index (χ3n) is 6.39. The molecule has 0 saturated carbocycles. The Balaban J connectivity index is 1.43. The monoisotopic (exact) mass is 486 g/mol. The fourth-order valence-electron chi connectivity index (χ4n) is 3.96. The average Bonchev–Trinajstić information content (AvgIpc) is 2.86. The molecule has 1 amide bonds. The van der Waals surface area contributed by atoms with Gasteiger partial charge in [0.2, 0.25) is 0 Å². The van der Waals surface area contributed by atoms with E-state index in [1.165, 1.54) is 22.3 Å². The zero-order valence-electron chi connectivity index (χ0n) is 21.8. The molecule has 0 aliphatic rings. The second-order valence-electron chi connectivity index (χ2n) is 10.5. The second kappa shape index (κ2) is 12.4. The first-order chi connectivity index (χ1) is 17.1. The topological polar surface area (TPSA) is 78.4 Å². The zero-order chi connectivity index (χ0) is 26.1. The molecule has 5 nitrogen and oxygen atoms in total. The van der Waals surface area contributed by atoms with Gasteiger partial charge in [0.05, 0.1) is 6.42 Å². The quantitative estimate of drug-likeness (QED) is 0.288. The van der Waals surface area contributed by atoms with Crippen LogP contribution in [0, 0.1) is 5.92 Å². The molecule has 3 aromatic carbocycles. The first kappa shape index (κ1) is 27.0. The van der Waals surface area contributed by atoms with Crippen LogP contribution in [0.1, 0.15) is 62.0 Å². The van der Waals surface area contributed by atoms with Gasteiger partial charge in [-0.25, -0.2) is 0 Å². The highest BCUT2D eigenvalue weighted by molar-refractivity contribution is 5.94. The Hall–Kier alpha value is -3.60. The summed E-state index contributed by atoms with van der Waals surface area (Å²) in [6.07, 6.45) is 1.90. The van der Waals surface area contributed by atoms with Crippen LogP contribution < -0.4 is 10.6 Å². The molecule has 36 heavy (non-hydrogen) atoms. The van der Waals surface area contributed by atoms with Gasteiger partial charge in [-0.15, -0.1) is 0 Å². The molecule has 0 radical (unpaired) electrons. The number of aryl methyl sites for hydroxylation is 1. The molecule has 3 N–H and O–H groups in total. The lowest BCUT2D eigenvalue weighted by Gasteiger charge is -2.19. The maximum atomic E-state index is 12.1. The normalized spacial score (nSPS) is 12.1. The van der Waals surface area contributed by atoms with Crippen molar-refractivity contribution in [3.63, 3.8) is 0 Å². The summed E-state index contributed by atoms with van der Waals surface area (Å²) in [6, 6.07) is 25.0. The number of carbonyl (C=O) groups excluding carboxylic acids is 1. The Morgan fingerprint density at radius 3 is 2.00 bits per heavy atom. The third-order valence-corrected chi connectivity index (χ3v) is 6.39. The number of carbonyl (C=O) groups is 2. The summed E-state index contributed by atoms with van der Waals surface area (Å²) in [7, 11) is 0. The van der Waals surface area contributed by atoms with Crippen molar-refractivity contribution in [1.29, 1.82) is 0 Å². The molecule has 1 atom stereocenters. The van der Waals surface area contributed by atoms with Crippen molar-refractivity contribution in [2.24, 2.45) is 5.92 Å². The fraction of sp³-hybridized carbons (Fsp3) is 0.355. The van der Waals surface area contributed by atoms with E-state index in [1.807, 2.05) is 12.1 Å². The maximum Gasteiger partial charge on any atom is 0.305 e. The van der Waals surface area contributed by atoms with Gasteiger partial charge < -0.3 is 15.7 Å². The van der Waals surface area contributed by atoms with Crippen LogP contribution in [0.4, 0.5) is 5.69 Å². The number of benzene rings is 3. The highest BCUT2D eigenvalue weighted by Crippen LogP contribution is 2.27. The molecule has 1 unspecified atom stereocenters. The molecule has 0 spiro atoms. The van der Waals surface area contributed by atoms with Gasteiger partial charge in [-0.05, 0) is 70.7 Å². The van der Waals surface area contributed by atoms with Crippen LogP contribution in [0.3, 0.4) is 0 Å². The van der Waals surface area contributed by atoms with Gasteiger partial charge >= 0.3 is 5.97 Å². The summed E-state index contributed by atoms with van der Waals surface area (Å²) in [5.41, 5.74) is 6.80. The molecule has 0 saturated heterocycles. The average molecular weight is 487 g/mol. The van der Waals surface area contributed by atoms with Crippen molar-refractivity contribution in [3.8, 4) is 11.1 Å². The minimum absolute atomic E-state index is 0.0780. The van der Waals surface area contributed by atoms with E-state index >= 15 is 0 Å². The van der Waals surface area contributed by atoms with Crippen molar-refractivity contribution in [3.05, 3.63) is 89.5 Å². The molecular formula is C31H38N2O3. The minimum atomic E-state index is -0.923. The van der Waals surface area contributed by atoms with Gasteiger partial charge in [0.1, 0.15) is 0 Å². The molecular weight excluding hydrogens is 448 g/mol. The highest BCUT2D eigenvalue weighted by Gasteiger charge is 2.13. The van der Waals surface area contributed by atoms with Crippen molar-refractivity contribution in [2.45, 2.75) is 52.4 Å². The molecule has 0 aliphatic heterocycles. The van der Waals surface area contributed by atoms with E-state index in [4.69, 9.17) is 5.11 Å². The van der Waals surface area contributed by atoms with E-state index in [0.717, 1.165) is 25.1 Å². The van der Waals surface area contributed by atoms with Crippen LogP contribution >= 0.6 is 0 Å².